The van der Waals surface area contributed by atoms with Crippen molar-refractivity contribution in [3.8, 4) is 11.3 Å². The summed E-state index contributed by atoms with van der Waals surface area (Å²) >= 11 is 0. The molecular weight excluding hydrogens is 366 g/mol. The van der Waals surface area contributed by atoms with Crippen molar-refractivity contribution in [2.24, 2.45) is 0 Å². The van der Waals surface area contributed by atoms with Gasteiger partial charge >= 0.3 is 5.63 Å². The van der Waals surface area contributed by atoms with Gasteiger partial charge in [0.1, 0.15) is 11.5 Å². The zero-order chi connectivity index (χ0) is 20.1. The average Bonchev–Trinajstić information content (AvgIpc) is 3.09. The summed E-state index contributed by atoms with van der Waals surface area (Å²) in [6.45, 7) is 8.07. The van der Waals surface area contributed by atoms with E-state index in [1.165, 1.54) is 0 Å². The quantitative estimate of drug-likeness (QED) is 0.568. The van der Waals surface area contributed by atoms with Gasteiger partial charge in [0.15, 0.2) is 0 Å². The lowest BCUT2D eigenvalue weighted by Crippen LogP contribution is -2.54. The van der Waals surface area contributed by atoms with Crippen molar-refractivity contribution in [3.05, 3.63) is 58.7 Å². The standard InChI is InChI=1S/C22H23N5O2/c1-13-4-6-19-24-18(12-26(19)9-13)17-8-16-5-7-20(25-21(16)29-22(17)28)27-10-14(2)23-15(3)11-27/h4-9,12,14-15,23H,10-11H2,1-3H3/t14-,15+. The Labute approximate surface area is 168 Å². The summed E-state index contributed by atoms with van der Waals surface area (Å²) in [4.78, 5) is 24.1. The van der Waals surface area contributed by atoms with Crippen LogP contribution in [0.25, 0.3) is 28.0 Å². The molecule has 5 heterocycles. The topological polar surface area (TPSA) is 75.7 Å². The largest absolute Gasteiger partial charge is 0.403 e. The number of imidazole rings is 1. The molecule has 0 aromatic carbocycles. The Morgan fingerprint density at radius 2 is 1.86 bits per heavy atom. The summed E-state index contributed by atoms with van der Waals surface area (Å²) in [5, 5.41) is 4.30. The van der Waals surface area contributed by atoms with Crippen molar-refractivity contribution >= 4 is 22.6 Å². The van der Waals surface area contributed by atoms with Crippen LogP contribution in [0.2, 0.25) is 0 Å². The second kappa shape index (κ2) is 6.70. The Hall–Kier alpha value is -3.19. The summed E-state index contributed by atoms with van der Waals surface area (Å²) in [6, 6.07) is 10.5. The number of piperazine rings is 1. The molecule has 0 radical (unpaired) electrons. The van der Waals surface area contributed by atoms with E-state index in [1.807, 2.05) is 54.0 Å². The zero-order valence-corrected chi connectivity index (χ0v) is 16.7. The highest BCUT2D eigenvalue weighted by Crippen LogP contribution is 2.23. The molecule has 0 saturated carbocycles. The molecule has 0 bridgehead atoms. The summed E-state index contributed by atoms with van der Waals surface area (Å²) < 4.78 is 7.51. The van der Waals surface area contributed by atoms with Gasteiger partial charge in [0.25, 0.3) is 0 Å². The molecule has 0 amide bonds. The van der Waals surface area contributed by atoms with E-state index < -0.39 is 5.63 Å². The monoisotopic (exact) mass is 389 g/mol. The van der Waals surface area contributed by atoms with E-state index in [0.29, 0.717) is 29.1 Å². The number of hydrogen-bond donors (Lipinski definition) is 1. The Morgan fingerprint density at radius 3 is 2.66 bits per heavy atom. The lowest BCUT2D eigenvalue weighted by Gasteiger charge is -2.36. The van der Waals surface area contributed by atoms with E-state index in [2.05, 4.69) is 34.0 Å². The lowest BCUT2D eigenvalue weighted by molar-refractivity contribution is 0.405. The van der Waals surface area contributed by atoms with Crippen molar-refractivity contribution in [3.63, 3.8) is 0 Å². The first-order valence-electron chi connectivity index (χ1n) is 9.88. The van der Waals surface area contributed by atoms with Gasteiger partial charge in [-0.2, -0.15) is 4.98 Å². The fourth-order valence-electron chi connectivity index (χ4n) is 4.09. The molecular formula is C22H23N5O2. The molecule has 0 unspecified atom stereocenters. The van der Waals surface area contributed by atoms with E-state index in [0.717, 1.165) is 35.5 Å². The van der Waals surface area contributed by atoms with Gasteiger partial charge in [0.05, 0.1) is 11.3 Å². The molecule has 5 rings (SSSR count). The highest BCUT2D eigenvalue weighted by molar-refractivity contribution is 5.80. The number of hydrogen-bond acceptors (Lipinski definition) is 6. The maximum absolute atomic E-state index is 12.7. The third-order valence-electron chi connectivity index (χ3n) is 5.34. The first-order valence-corrected chi connectivity index (χ1v) is 9.88. The van der Waals surface area contributed by atoms with Crippen molar-refractivity contribution in [1.82, 2.24) is 19.7 Å². The second-order valence-electron chi connectivity index (χ2n) is 7.98. The SMILES string of the molecule is Cc1ccc2nc(-c3cc4ccc(N5C[C@@H](C)N[C@@H](C)C5)nc4oc3=O)cn2c1. The van der Waals surface area contributed by atoms with Crippen molar-refractivity contribution in [1.29, 1.82) is 0 Å². The van der Waals surface area contributed by atoms with Crippen LogP contribution in [0.5, 0.6) is 0 Å². The molecule has 1 N–H and O–H groups in total. The molecule has 0 spiro atoms. The van der Waals surface area contributed by atoms with Crippen LogP contribution in [0.4, 0.5) is 5.82 Å². The predicted octanol–water partition coefficient (Wildman–Crippen LogP) is 3.00. The van der Waals surface area contributed by atoms with E-state index >= 15 is 0 Å². The first kappa shape index (κ1) is 17.9. The Balaban J connectivity index is 1.55. The first-order chi connectivity index (χ1) is 14.0. The van der Waals surface area contributed by atoms with Gasteiger partial charge in [-0.3, -0.25) is 0 Å². The minimum absolute atomic E-state index is 0.356. The molecule has 148 valence electrons. The van der Waals surface area contributed by atoms with Gasteiger partial charge in [-0.15, -0.1) is 0 Å². The Bertz CT molecular complexity index is 1270. The number of aromatic nitrogens is 3. The number of nitrogens with one attached hydrogen (secondary N) is 1. The lowest BCUT2D eigenvalue weighted by atomic mass is 10.1. The van der Waals surface area contributed by atoms with Crippen LogP contribution < -0.4 is 15.8 Å². The summed E-state index contributed by atoms with van der Waals surface area (Å²) in [5.74, 6) is 0.830. The van der Waals surface area contributed by atoms with Gasteiger partial charge in [-0.05, 0) is 50.6 Å². The van der Waals surface area contributed by atoms with Crippen molar-refractivity contribution < 1.29 is 4.42 Å². The summed E-state index contributed by atoms with van der Waals surface area (Å²) in [6.07, 6.45) is 3.84. The number of aryl methyl sites for hydroxylation is 1. The highest BCUT2D eigenvalue weighted by Gasteiger charge is 2.22. The molecule has 29 heavy (non-hydrogen) atoms. The molecule has 1 saturated heterocycles. The van der Waals surface area contributed by atoms with Gasteiger partial charge in [0, 0.05) is 43.0 Å². The van der Waals surface area contributed by atoms with Crippen LogP contribution in [0.1, 0.15) is 19.4 Å². The van der Waals surface area contributed by atoms with E-state index in [4.69, 9.17) is 4.42 Å². The fourth-order valence-corrected chi connectivity index (χ4v) is 4.09. The van der Waals surface area contributed by atoms with Gasteiger partial charge < -0.3 is 19.0 Å². The minimum atomic E-state index is -0.427. The van der Waals surface area contributed by atoms with Crippen LogP contribution in [0.3, 0.4) is 0 Å². The number of nitrogens with zero attached hydrogens (tertiary/aromatic N) is 4. The Morgan fingerprint density at radius 1 is 1.07 bits per heavy atom. The second-order valence-corrected chi connectivity index (χ2v) is 7.98. The predicted molar refractivity (Wildman–Crippen MR) is 113 cm³/mol. The van der Waals surface area contributed by atoms with Crippen LogP contribution in [-0.2, 0) is 0 Å². The number of fused-ring (bicyclic) bond motifs is 2. The van der Waals surface area contributed by atoms with E-state index in [9.17, 15) is 4.79 Å². The third-order valence-corrected chi connectivity index (χ3v) is 5.34. The van der Waals surface area contributed by atoms with Crippen LogP contribution in [0, 0.1) is 6.92 Å². The molecule has 7 nitrogen and oxygen atoms in total. The number of rotatable bonds is 2. The van der Waals surface area contributed by atoms with E-state index in [1.54, 1.807) is 0 Å². The van der Waals surface area contributed by atoms with Gasteiger partial charge in [0.2, 0.25) is 5.71 Å². The highest BCUT2D eigenvalue weighted by atomic mass is 16.4. The van der Waals surface area contributed by atoms with Crippen molar-refractivity contribution in [2.45, 2.75) is 32.9 Å². The molecule has 2 atom stereocenters. The van der Waals surface area contributed by atoms with Crippen molar-refractivity contribution in [2.75, 3.05) is 18.0 Å². The Kier molecular flexibility index (Phi) is 4.13. The molecule has 1 aliphatic heterocycles. The average molecular weight is 389 g/mol. The van der Waals surface area contributed by atoms with Crippen LogP contribution >= 0.6 is 0 Å². The van der Waals surface area contributed by atoms with Gasteiger partial charge in [-0.25, -0.2) is 9.78 Å². The summed E-state index contributed by atoms with van der Waals surface area (Å²) in [5.41, 5.74) is 2.89. The molecule has 0 aliphatic carbocycles. The fraction of sp³-hybridized carbons (Fsp3) is 0.318. The minimum Gasteiger partial charge on any atom is -0.403 e. The van der Waals surface area contributed by atoms with Gasteiger partial charge in [-0.1, -0.05) is 6.07 Å². The maximum atomic E-state index is 12.7. The van der Waals surface area contributed by atoms with Crippen LogP contribution in [-0.4, -0.2) is 39.5 Å². The number of pyridine rings is 2. The smallest absolute Gasteiger partial charge is 0.347 e. The maximum Gasteiger partial charge on any atom is 0.347 e. The summed E-state index contributed by atoms with van der Waals surface area (Å²) in [7, 11) is 0. The number of anilines is 1. The molecule has 1 aliphatic rings. The molecule has 1 fully saturated rings. The zero-order valence-electron chi connectivity index (χ0n) is 16.7. The van der Waals surface area contributed by atoms with E-state index in [-0.39, 0.29) is 0 Å². The normalized spacial score (nSPS) is 19.9. The van der Waals surface area contributed by atoms with Crippen LogP contribution in [0.15, 0.2) is 51.9 Å². The molecule has 4 aromatic rings. The third kappa shape index (κ3) is 3.27. The molecule has 4 aromatic heterocycles. The molecule has 7 heteroatoms.